The van der Waals surface area contributed by atoms with E-state index in [1.54, 1.807) is 11.3 Å². The van der Waals surface area contributed by atoms with E-state index < -0.39 is 0 Å². The summed E-state index contributed by atoms with van der Waals surface area (Å²) in [5.41, 5.74) is 1.03. The molecule has 16 heavy (non-hydrogen) atoms. The first-order valence-corrected chi connectivity index (χ1v) is 6.82. The lowest BCUT2D eigenvalue weighted by atomic mass is 9.89. The molecule has 1 aromatic rings. The van der Waals surface area contributed by atoms with E-state index in [0.29, 0.717) is 6.54 Å². The highest BCUT2D eigenvalue weighted by Crippen LogP contribution is 2.23. The van der Waals surface area contributed by atoms with Crippen LogP contribution in [0.4, 0.5) is 0 Å². The number of thiazole rings is 1. The van der Waals surface area contributed by atoms with Gasteiger partial charge in [0.25, 0.3) is 0 Å². The van der Waals surface area contributed by atoms with Crippen molar-refractivity contribution in [2.24, 2.45) is 5.92 Å². The topological polar surface area (TPSA) is 42.0 Å². The van der Waals surface area contributed by atoms with E-state index in [0.717, 1.165) is 23.5 Å². The van der Waals surface area contributed by atoms with Gasteiger partial charge in [-0.05, 0) is 19.8 Å². The molecule has 1 aromatic heterocycles. The lowest BCUT2D eigenvalue weighted by Crippen LogP contribution is -2.31. The second kappa shape index (κ2) is 5.43. The third-order valence-corrected chi connectivity index (χ3v) is 4.02. The van der Waals surface area contributed by atoms with E-state index in [2.05, 4.69) is 10.3 Å². The second-order valence-corrected chi connectivity index (χ2v) is 5.38. The molecular formula is C12H18N2OS. The summed E-state index contributed by atoms with van der Waals surface area (Å²) in [7, 11) is 0. The van der Waals surface area contributed by atoms with Crippen molar-refractivity contribution < 1.29 is 4.79 Å². The average Bonchev–Trinajstić information content (AvgIpc) is 2.73. The lowest BCUT2D eigenvalue weighted by Gasteiger charge is -2.20. The number of amides is 1. The van der Waals surface area contributed by atoms with Crippen LogP contribution < -0.4 is 5.32 Å². The molecule has 0 unspecified atom stereocenters. The molecule has 0 radical (unpaired) electrons. The van der Waals surface area contributed by atoms with Gasteiger partial charge in [0.1, 0.15) is 5.01 Å². The van der Waals surface area contributed by atoms with Gasteiger partial charge in [0.15, 0.2) is 0 Å². The van der Waals surface area contributed by atoms with Crippen molar-refractivity contribution in [3.63, 3.8) is 0 Å². The molecule has 1 amide bonds. The van der Waals surface area contributed by atoms with Crippen LogP contribution in [-0.4, -0.2) is 10.9 Å². The predicted molar refractivity (Wildman–Crippen MR) is 65.3 cm³/mol. The molecule has 0 aromatic carbocycles. The Bertz CT molecular complexity index is 356. The highest BCUT2D eigenvalue weighted by molar-refractivity contribution is 7.09. The molecule has 0 saturated heterocycles. The number of carbonyl (C=O) groups is 1. The normalized spacial score (nSPS) is 17.3. The van der Waals surface area contributed by atoms with Gasteiger partial charge in [0, 0.05) is 17.0 Å². The van der Waals surface area contributed by atoms with Crippen LogP contribution in [0.25, 0.3) is 0 Å². The van der Waals surface area contributed by atoms with Crippen molar-refractivity contribution in [2.75, 3.05) is 0 Å². The van der Waals surface area contributed by atoms with Crippen LogP contribution in [0, 0.1) is 12.8 Å². The van der Waals surface area contributed by atoms with E-state index >= 15 is 0 Å². The molecule has 4 heteroatoms. The maximum Gasteiger partial charge on any atom is 0.223 e. The van der Waals surface area contributed by atoms with Gasteiger partial charge in [-0.1, -0.05) is 19.3 Å². The van der Waals surface area contributed by atoms with Gasteiger partial charge in [0.05, 0.1) is 6.54 Å². The van der Waals surface area contributed by atoms with Gasteiger partial charge in [-0.2, -0.15) is 0 Å². The average molecular weight is 238 g/mol. The molecule has 1 aliphatic rings. The SMILES string of the molecule is Cc1csc(CNC(=O)C2CCCCC2)n1. The summed E-state index contributed by atoms with van der Waals surface area (Å²) in [6, 6.07) is 0. The smallest absolute Gasteiger partial charge is 0.223 e. The quantitative estimate of drug-likeness (QED) is 0.879. The Morgan fingerprint density at radius 2 is 2.25 bits per heavy atom. The molecule has 2 rings (SSSR count). The van der Waals surface area contributed by atoms with Crippen molar-refractivity contribution in [3.8, 4) is 0 Å². The van der Waals surface area contributed by atoms with Crippen molar-refractivity contribution in [1.29, 1.82) is 0 Å². The molecular weight excluding hydrogens is 220 g/mol. The van der Waals surface area contributed by atoms with Gasteiger partial charge in [-0.25, -0.2) is 4.98 Å². The highest BCUT2D eigenvalue weighted by Gasteiger charge is 2.20. The first-order chi connectivity index (χ1) is 7.75. The zero-order chi connectivity index (χ0) is 11.4. The van der Waals surface area contributed by atoms with E-state index in [-0.39, 0.29) is 11.8 Å². The van der Waals surface area contributed by atoms with E-state index in [1.807, 2.05) is 12.3 Å². The van der Waals surface area contributed by atoms with Gasteiger partial charge < -0.3 is 5.32 Å². The van der Waals surface area contributed by atoms with Crippen LogP contribution in [0.3, 0.4) is 0 Å². The number of hydrogen-bond donors (Lipinski definition) is 1. The number of aromatic nitrogens is 1. The molecule has 3 nitrogen and oxygen atoms in total. The predicted octanol–water partition coefficient (Wildman–Crippen LogP) is 2.65. The standard InChI is InChI=1S/C12H18N2OS/c1-9-8-16-11(14-9)7-13-12(15)10-5-3-2-4-6-10/h8,10H,2-7H2,1H3,(H,13,15). The summed E-state index contributed by atoms with van der Waals surface area (Å²) >= 11 is 1.61. The zero-order valence-corrected chi connectivity index (χ0v) is 10.5. The number of nitrogens with zero attached hydrogens (tertiary/aromatic N) is 1. The number of hydrogen-bond acceptors (Lipinski definition) is 3. The van der Waals surface area contributed by atoms with Crippen LogP contribution in [0.15, 0.2) is 5.38 Å². The second-order valence-electron chi connectivity index (χ2n) is 4.44. The Labute approximate surface area is 100 Å². The van der Waals surface area contributed by atoms with E-state index in [4.69, 9.17) is 0 Å². The molecule has 0 aliphatic heterocycles. The maximum atomic E-state index is 11.8. The van der Waals surface area contributed by atoms with Gasteiger partial charge in [-0.15, -0.1) is 11.3 Å². The fourth-order valence-electron chi connectivity index (χ4n) is 2.16. The van der Waals surface area contributed by atoms with E-state index in [1.165, 1.54) is 19.3 Å². The van der Waals surface area contributed by atoms with E-state index in [9.17, 15) is 4.79 Å². The molecule has 0 spiro atoms. The fraction of sp³-hybridized carbons (Fsp3) is 0.667. The number of nitrogens with one attached hydrogen (secondary N) is 1. The number of rotatable bonds is 3. The largest absolute Gasteiger partial charge is 0.349 e. The fourth-order valence-corrected chi connectivity index (χ4v) is 2.87. The minimum Gasteiger partial charge on any atom is -0.349 e. The van der Waals surface area contributed by atoms with Crippen LogP contribution in [0.2, 0.25) is 0 Å². The Hall–Kier alpha value is -0.900. The summed E-state index contributed by atoms with van der Waals surface area (Å²) in [5, 5.41) is 6.01. The van der Waals surface area contributed by atoms with Gasteiger partial charge in [0.2, 0.25) is 5.91 Å². The molecule has 1 aliphatic carbocycles. The first kappa shape index (κ1) is 11.6. The zero-order valence-electron chi connectivity index (χ0n) is 9.66. The Kier molecular flexibility index (Phi) is 3.93. The molecule has 0 atom stereocenters. The van der Waals surface area contributed by atoms with Crippen molar-refractivity contribution in [3.05, 3.63) is 16.1 Å². The van der Waals surface area contributed by atoms with Gasteiger partial charge >= 0.3 is 0 Å². The van der Waals surface area contributed by atoms with Crippen molar-refractivity contribution in [2.45, 2.75) is 45.6 Å². The monoisotopic (exact) mass is 238 g/mol. The molecule has 1 heterocycles. The molecule has 1 saturated carbocycles. The highest BCUT2D eigenvalue weighted by atomic mass is 32.1. The summed E-state index contributed by atoms with van der Waals surface area (Å²) in [6.45, 7) is 2.57. The van der Waals surface area contributed by atoms with Crippen molar-refractivity contribution >= 4 is 17.2 Å². The summed E-state index contributed by atoms with van der Waals surface area (Å²) in [6.07, 6.45) is 5.81. The Morgan fingerprint density at radius 1 is 1.50 bits per heavy atom. The summed E-state index contributed by atoms with van der Waals surface area (Å²) in [4.78, 5) is 16.2. The first-order valence-electron chi connectivity index (χ1n) is 5.94. The third kappa shape index (κ3) is 3.04. The van der Waals surface area contributed by atoms with Crippen LogP contribution in [-0.2, 0) is 11.3 Å². The summed E-state index contributed by atoms with van der Waals surface area (Å²) < 4.78 is 0. The third-order valence-electron chi connectivity index (χ3n) is 3.06. The molecule has 1 N–H and O–H groups in total. The lowest BCUT2D eigenvalue weighted by molar-refractivity contribution is -0.126. The molecule has 1 fully saturated rings. The van der Waals surface area contributed by atoms with Crippen LogP contribution in [0.5, 0.6) is 0 Å². The minimum absolute atomic E-state index is 0.215. The Balaban J connectivity index is 1.78. The number of carbonyl (C=O) groups excluding carboxylic acids is 1. The molecule has 88 valence electrons. The van der Waals surface area contributed by atoms with Gasteiger partial charge in [-0.3, -0.25) is 4.79 Å². The summed E-state index contributed by atoms with van der Waals surface area (Å²) in [5.74, 6) is 0.461. The van der Waals surface area contributed by atoms with Crippen LogP contribution in [0.1, 0.15) is 42.8 Å². The van der Waals surface area contributed by atoms with Crippen molar-refractivity contribution in [1.82, 2.24) is 10.3 Å². The van der Waals surface area contributed by atoms with Crippen LogP contribution >= 0.6 is 11.3 Å². The molecule has 0 bridgehead atoms. The maximum absolute atomic E-state index is 11.8. The Morgan fingerprint density at radius 3 is 2.88 bits per heavy atom. The number of aryl methyl sites for hydroxylation is 1. The minimum atomic E-state index is 0.215.